The molecular formula is C5H9N3O2S2. The normalized spacial score (nSPS) is 11.8. The Hall–Kier alpha value is -0.690. The standard InChI is InChI=1S/C5H9N3O2S2/c1-2-12(9,10)3-4-5(6)7-8-11-4/h2-3,6H2,1H3. The van der Waals surface area contributed by atoms with Gasteiger partial charge in [-0.05, 0) is 11.5 Å². The van der Waals surface area contributed by atoms with Crippen LogP contribution in [0, 0.1) is 0 Å². The van der Waals surface area contributed by atoms with Crippen LogP contribution in [-0.2, 0) is 15.6 Å². The van der Waals surface area contributed by atoms with E-state index in [0.717, 1.165) is 11.5 Å². The van der Waals surface area contributed by atoms with E-state index in [1.54, 1.807) is 6.92 Å². The molecule has 0 spiro atoms. The van der Waals surface area contributed by atoms with Gasteiger partial charge in [0, 0.05) is 5.75 Å². The first-order valence-electron chi connectivity index (χ1n) is 3.32. The second-order valence-corrected chi connectivity index (χ2v) is 5.45. The third-order valence-electron chi connectivity index (χ3n) is 1.38. The summed E-state index contributed by atoms with van der Waals surface area (Å²) < 4.78 is 25.8. The first-order chi connectivity index (χ1) is 5.55. The van der Waals surface area contributed by atoms with E-state index in [0.29, 0.717) is 4.88 Å². The van der Waals surface area contributed by atoms with Crippen LogP contribution in [0.2, 0.25) is 0 Å². The zero-order chi connectivity index (χ0) is 9.19. The van der Waals surface area contributed by atoms with Gasteiger partial charge in [0.25, 0.3) is 0 Å². The van der Waals surface area contributed by atoms with Crippen LogP contribution in [0.25, 0.3) is 0 Å². The molecule has 5 nitrogen and oxygen atoms in total. The van der Waals surface area contributed by atoms with Crippen molar-refractivity contribution in [1.82, 2.24) is 9.59 Å². The lowest BCUT2D eigenvalue weighted by Crippen LogP contribution is -2.06. The van der Waals surface area contributed by atoms with E-state index < -0.39 is 9.84 Å². The number of nitrogens with zero attached hydrogens (tertiary/aromatic N) is 2. The molecule has 0 aliphatic heterocycles. The summed E-state index contributed by atoms with van der Waals surface area (Å²) in [6.07, 6.45) is 0. The van der Waals surface area contributed by atoms with Gasteiger partial charge in [-0.1, -0.05) is 11.4 Å². The molecule has 0 saturated heterocycles. The molecule has 0 aliphatic carbocycles. The Morgan fingerprint density at radius 3 is 2.67 bits per heavy atom. The first kappa shape index (κ1) is 9.40. The lowest BCUT2D eigenvalue weighted by Gasteiger charge is -1.96. The Balaban J connectivity index is 2.84. The number of anilines is 1. The molecule has 0 saturated carbocycles. The van der Waals surface area contributed by atoms with E-state index in [4.69, 9.17) is 5.73 Å². The van der Waals surface area contributed by atoms with E-state index in [1.807, 2.05) is 0 Å². The largest absolute Gasteiger partial charge is 0.381 e. The fraction of sp³-hybridized carbons (Fsp3) is 0.600. The highest BCUT2D eigenvalue weighted by Crippen LogP contribution is 2.15. The molecule has 1 aromatic heterocycles. The van der Waals surface area contributed by atoms with Crippen LogP contribution in [0.15, 0.2) is 0 Å². The van der Waals surface area contributed by atoms with Crippen LogP contribution in [0.3, 0.4) is 0 Å². The second-order valence-electron chi connectivity index (χ2n) is 2.26. The Labute approximate surface area is 74.7 Å². The number of aromatic nitrogens is 2. The molecule has 0 amide bonds. The summed E-state index contributed by atoms with van der Waals surface area (Å²) >= 11 is 1.03. The molecule has 7 heteroatoms. The predicted molar refractivity (Wildman–Crippen MR) is 47.5 cm³/mol. The number of sulfone groups is 1. The van der Waals surface area contributed by atoms with Crippen molar-refractivity contribution in [3.05, 3.63) is 4.88 Å². The quantitative estimate of drug-likeness (QED) is 0.757. The molecule has 1 heterocycles. The molecule has 0 atom stereocenters. The highest BCUT2D eigenvalue weighted by Gasteiger charge is 2.13. The van der Waals surface area contributed by atoms with Gasteiger partial charge in [0.1, 0.15) is 0 Å². The van der Waals surface area contributed by atoms with Gasteiger partial charge in [-0.2, -0.15) is 0 Å². The maximum atomic E-state index is 11.1. The van der Waals surface area contributed by atoms with Crippen LogP contribution in [0.5, 0.6) is 0 Å². The van der Waals surface area contributed by atoms with Crippen molar-refractivity contribution >= 4 is 27.2 Å². The minimum atomic E-state index is -3.01. The molecule has 0 radical (unpaired) electrons. The van der Waals surface area contributed by atoms with E-state index >= 15 is 0 Å². The minimum absolute atomic E-state index is 0.0486. The molecule has 0 fully saturated rings. The van der Waals surface area contributed by atoms with Crippen LogP contribution in [0.4, 0.5) is 5.82 Å². The second kappa shape index (κ2) is 3.36. The zero-order valence-corrected chi connectivity index (χ0v) is 8.15. The summed E-state index contributed by atoms with van der Waals surface area (Å²) in [5, 5.41) is 3.52. The van der Waals surface area contributed by atoms with Crippen molar-refractivity contribution in [2.45, 2.75) is 12.7 Å². The van der Waals surface area contributed by atoms with Gasteiger partial charge in [-0.3, -0.25) is 0 Å². The Morgan fingerprint density at radius 2 is 2.25 bits per heavy atom. The average molecular weight is 207 g/mol. The van der Waals surface area contributed by atoms with Crippen LogP contribution in [-0.4, -0.2) is 23.8 Å². The van der Waals surface area contributed by atoms with Crippen LogP contribution < -0.4 is 5.73 Å². The smallest absolute Gasteiger partial charge is 0.162 e. The number of rotatable bonds is 3. The third kappa shape index (κ3) is 2.15. The van der Waals surface area contributed by atoms with Crippen molar-refractivity contribution < 1.29 is 8.42 Å². The fourth-order valence-electron chi connectivity index (χ4n) is 0.618. The topological polar surface area (TPSA) is 85.9 Å². The molecule has 2 N–H and O–H groups in total. The highest BCUT2D eigenvalue weighted by atomic mass is 32.2. The van der Waals surface area contributed by atoms with Crippen molar-refractivity contribution in [1.29, 1.82) is 0 Å². The summed E-state index contributed by atoms with van der Waals surface area (Å²) in [5.41, 5.74) is 5.37. The number of nitrogens with two attached hydrogens (primary N) is 1. The van der Waals surface area contributed by atoms with Gasteiger partial charge in [-0.25, -0.2) is 8.42 Å². The molecule has 1 rings (SSSR count). The Morgan fingerprint density at radius 1 is 1.58 bits per heavy atom. The van der Waals surface area contributed by atoms with Crippen molar-refractivity contribution in [2.75, 3.05) is 11.5 Å². The number of hydrogen-bond acceptors (Lipinski definition) is 6. The van der Waals surface area contributed by atoms with Gasteiger partial charge in [0.15, 0.2) is 15.7 Å². The lowest BCUT2D eigenvalue weighted by molar-refractivity contribution is 0.597. The molecule has 1 aromatic rings. The van der Waals surface area contributed by atoms with Gasteiger partial charge >= 0.3 is 0 Å². The monoisotopic (exact) mass is 207 g/mol. The van der Waals surface area contributed by atoms with Gasteiger partial charge in [-0.15, -0.1) is 5.10 Å². The maximum Gasteiger partial charge on any atom is 0.162 e. The summed E-state index contributed by atoms with van der Waals surface area (Å²) in [7, 11) is -3.01. The fourth-order valence-corrected chi connectivity index (χ4v) is 2.48. The molecule has 68 valence electrons. The molecule has 0 unspecified atom stereocenters. The predicted octanol–water partition coefficient (Wildman–Crippen LogP) is 0.0550. The van der Waals surface area contributed by atoms with Gasteiger partial charge in [0.05, 0.1) is 10.6 Å². The van der Waals surface area contributed by atoms with Crippen molar-refractivity contribution in [3.8, 4) is 0 Å². The van der Waals surface area contributed by atoms with Crippen LogP contribution in [0.1, 0.15) is 11.8 Å². The van der Waals surface area contributed by atoms with E-state index in [9.17, 15) is 8.42 Å². The Kier molecular flexibility index (Phi) is 2.63. The summed E-state index contributed by atoms with van der Waals surface area (Å²) in [6, 6.07) is 0. The van der Waals surface area contributed by atoms with Gasteiger partial charge in [0.2, 0.25) is 0 Å². The van der Waals surface area contributed by atoms with E-state index in [2.05, 4.69) is 9.59 Å². The maximum absolute atomic E-state index is 11.1. The number of nitrogen functional groups attached to an aromatic ring is 1. The zero-order valence-electron chi connectivity index (χ0n) is 6.52. The molecule has 12 heavy (non-hydrogen) atoms. The highest BCUT2D eigenvalue weighted by molar-refractivity contribution is 7.90. The van der Waals surface area contributed by atoms with E-state index in [-0.39, 0.29) is 17.3 Å². The Bertz CT molecular complexity index is 357. The molecular weight excluding hydrogens is 198 g/mol. The average Bonchev–Trinajstić information content (AvgIpc) is 2.36. The molecule has 0 aromatic carbocycles. The van der Waals surface area contributed by atoms with Crippen LogP contribution >= 0.6 is 11.5 Å². The SMILES string of the molecule is CCS(=O)(=O)Cc1snnc1N. The van der Waals surface area contributed by atoms with Crippen molar-refractivity contribution in [3.63, 3.8) is 0 Å². The third-order valence-corrected chi connectivity index (χ3v) is 3.90. The van der Waals surface area contributed by atoms with Gasteiger partial charge < -0.3 is 5.73 Å². The number of hydrogen-bond donors (Lipinski definition) is 1. The first-order valence-corrected chi connectivity index (χ1v) is 5.92. The lowest BCUT2D eigenvalue weighted by atomic mass is 10.6. The van der Waals surface area contributed by atoms with Crippen molar-refractivity contribution in [2.24, 2.45) is 0 Å². The van der Waals surface area contributed by atoms with E-state index in [1.165, 1.54) is 0 Å². The summed E-state index contributed by atoms with van der Waals surface area (Å²) in [5.74, 6) is 0.286. The minimum Gasteiger partial charge on any atom is -0.381 e. The summed E-state index contributed by atoms with van der Waals surface area (Å²) in [4.78, 5) is 0.525. The molecule has 0 bridgehead atoms. The summed E-state index contributed by atoms with van der Waals surface area (Å²) in [6.45, 7) is 1.60. The molecule has 0 aliphatic rings.